The number of benzene rings is 2. The van der Waals surface area contributed by atoms with Gasteiger partial charge in [0.1, 0.15) is 0 Å². The van der Waals surface area contributed by atoms with E-state index in [-0.39, 0.29) is 24.3 Å². The summed E-state index contributed by atoms with van der Waals surface area (Å²) in [6.07, 6.45) is 0.516. The molecular weight excluding hydrogens is 324 g/mol. The molecule has 2 aromatic rings. The Bertz CT molecular complexity index is 699. The maximum Gasteiger partial charge on any atom is 0.234 e. The lowest BCUT2D eigenvalue weighted by atomic mass is 10.0. The minimum absolute atomic E-state index is 0.0265. The van der Waals surface area contributed by atoms with Gasteiger partial charge in [0.05, 0.1) is 12.6 Å². The molecule has 4 heteroatoms. The number of amides is 1. The van der Waals surface area contributed by atoms with Crippen LogP contribution in [-0.4, -0.2) is 35.2 Å². The van der Waals surface area contributed by atoms with Gasteiger partial charge in [-0.1, -0.05) is 60.7 Å². The second-order valence-electron chi connectivity index (χ2n) is 6.90. The van der Waals surface area contributed by atoms with Gasteiger partial charge in [-0.2, -0.15) is 0 Å². The van der Waals surface area contributed by atoms with Crippen LogP contribution in [-0.2, 0) is 22.6 Å². The Morgan fingerprint density at radius 2 is 1.46 bits per heavy atom. The molecule has 0 bridgehead atoms. The third-order valence-electron chi connectivity index (χ3n) is 4.41. The van der Waals surface area contributed by atoms with Crippen LogP contribution < -0.4 is 5.32 Å². The predicted molar refractivity (Wildman–Crippen MR) is 105 cm³/mol. The van der Waals surface area contributed by atoms with Crippen molar-refractivity contribution >= 4 is 11.7 Å². The van der Waals surface area contributed by atoms with E-state index in [2.05, 4.69) is 36.2 Å². The van der Waals surface area contributed by atoms with Crippen LogP contribution in [0, 0.1) is 0 Å². The van der Waals surface area contributed by atoms with Gasteiger partial charge in [0.2, 0.25) is 5.91 Å². The van der Waals surface area contributed by atoms with Crippen LogP contribution in [0.25, 0.3) is 0 Å². The molecule has 1 unspecified atom stereocenters. The number of ketones is 1. The average Bonchev–Trinajstić information content (AvgIpc) is 2.62. The van der Waals surface area contributed by atoms with Gasteiger partial charge in [-0.25, -0.2) is 0 Å². The molecule has 0 saturated carbocycles. The lowest BCUT2D eigenvalue weighted by molar-refractivity contribution is -0.128. The fourth-order valence-corrected chi connectivity index (χ4v) is 2.81. The Balaban J connectivity index is 1.97. The molecule has 1 atom stereocenters. The molecule has 0 aliphatic carbocycles. The third kappa shape index (κ3) is 6.45. The van der Waals surface area contributed by atoms with E-state index in [0.29, 0.717) is 13.0 Å². The summed E-state index contributed by atoms with van der Waals surface area (Å²) in [4.78, 5) is 26.6. The van der Waals surface area contributed by atoms with E-state index in [1.54, 1.807) is 0 Å². The molecule has 0 heterocycles. The van der Waals surface area contributed by atoms with E-state index >= 15 is 0 Å². The van der Waals surface area contributed by atoms with Crippen molar-refractivity contribution in [2.24, 2.45) is 0 Å². The number of hydrogen-bond acceptors (Lipinski definition) is 3. The van der Waals surface area contributed by atoms with E-state index in [4.69, 9.17) is 0 Å². The average molecular weight is 352 g/mol. The highest BCUT2D eigenvalue weighted by molar-refractivity contribution is 5.88. The summed E-state index contributed by atoms with van der Waals surface area (Å²) >= 11 is 0. The molecule has 0 aliphatic heterocycles. The first-order chi connectivity index (χ1) is 12.5. The van der Waals surface area contributed by atoms with Crippen molar-refractivity contribution in [3.63, 3.8) is 0 Å². The second kappa shape index (κ2) is 9.88. The van der Waals surface area contributed by atoms with E-state index in [1.165, 1.54) is 12.5 Å². The van der Waals surface area contributed by atoms with E-state index < -0.39 is 6.04 Å². The van der Waals surface area contributed by atoms with E-state index in [1.807, 2.05) is 48.5 Å². The minimum Gasteiger partial charge on any atom is -0.345 e. The van der Waals surface area contributed by atoms with Gasteiger partial charge in [-0.3, -0.25) is 14.5 Å². The van der Waals surface area contributed by atoms with Crippen LogP contribution in [0.15, 0.2) is 60.7 Å². The number of carbonyl (C=O) groups is 2. The summed E-state index contributed by atoms with van der Waals surface area (Å²) in [7, 11) is 0. The number of rotatable bonds is 9. The largest absolute Gasteiger partial charge is 0.345 e. The number of hydrogen-bond donors (Lipinski definition) is 1. The van der Waals surface area contributed by atoms with Crippen molar-refractivity contribution in [2.75, 3.05) is 6.54 Å². The molecule has 0 saturated heterocycles. The number of carbonyl (C=O) groups excluding carboxylic acids is 2. The Morgan fingerprint density at radius 1 is 0.923 bits per heavy atom. The fraction of sp³-hybridized carbons (Fsp3) is 0.364. The van der Waals surface area contributed by atoms with Gasteiger partial charge < -0.3 is 5.32 Å². The summed E-state index contributed by atoms with van der Waals surface area (Å²) in [5.74, 6) is -0.146. The summed E-state index contributed by atoms with van der Waals surface area (Å²) in [6, 6.07) is 19.6. The second-order valence-corrected chi connectivity index (χ2v) is 6.90. The van der Waals surface area contributed by atoms with Crippen molar-refractivity contribution in [1.82, 2.24) is 10.2 Å². The molecule has 0 aromatic heterocycles. The van der Waals surface area contributed by atoms with Crippen molar-refractivity contribution < 1.29 is 9.59 Å². The molecular formula is C22H28N2O2. The van der Waals surface area contributed by atoms with Gasteiger partial charge in [-0.05, 0) is 38.3 Å². The van der Waals surface area contributed by atoms with Crippen molar-refractivity contribution in [3.8, 4) is 0 Å². The van der Waals surface area contributed by atoms with Crippen LogP contribution in [0.2, 0.25) is 0 Å². The molecule has 4 nitrogen and oxygen atoms in total. The normalized spacial score (nSPS) is 12.2. The highest BCUT2D eigenvalue weighted by Gasteiger charge is 2.20. The topological polar surface area (TPSA) is 49.4 Å². The number of nitrogens with zero attached hydrogens (tertiary/aromatic N) is 1. The van der Waals surface area contributed by atoms with Crippen molar-refractivity contribution in [3.05, 3.63) is 71.8 Å². The molecule has 0 radical (unpaired) electrons. The standard InChI is InChI=1S/C22H28N2O2/c1-17(2)24(15-20-12-8-5-9-13-20)16-22(26)23-21(18(3)25)14-19-10-6-4-7-11-19/h4-13,17,21H,14-16H2,1-3H3,(H,23,26). The van der Waals surface area contributed by atoms with Gasteiger partial charge >= 0.3 is 0 Å². The first-order valence-electron chi connectivity index (χ1n) is 9.07. The van der Waals surface area contributed by atoms with Crippen molar-refractivity contribution in [1.29, 1.82) is 0 Å². The molecule has 0 spiro atoms. The molecule has 1 N–H and O–H groups in total. The maximum atomic E-state index is 12.5. The Kier molecular flexibility index (Phi) is 7.54. The lowest BCUT2D eigenvalue weighted by Crippen LogP contribution is -2.47. The first kappa shape index (κ1) is 19.9. The smallest absolute Gasteiger partial charge is 0.234 e. The minimum atomic E-state index is -0.490. The quantitative estimate of drug-likeness (QED) is 0.754. The van der Waals surface area contributed by atoms with E-state index in [0.717, 1.165) is 5.56 Å². The van der Waals surface area contributed by atoms with Crippen LogP contribution in [0.3, 0.4) is 0 Å². The maximum absolute atomic E-state index is 12.5. The summed E-state index contributed by atoms with van der Waals surface area (Å²) in [5, 5.41) is 2.91. The predicted octanol–water partition coefficient (Wildman–Crippen LogP) is 3.21. The Hall–Kier alpha value is -2.46. The van der Waals surface area contributed by atoms with Gasteiger partial charge in [0.25, 0.3) is 0 Å². The first-order valence-corrected chi connectivity index (χ1v) is 9.07. The molecule has 26 heavy (non-hydrogen) atoms. The third-order valence-corrected chi connectivity index (χ3v) is 4.41. The zero-order valence-corrected chi connectivity index (χ0v) is 15.8. The van der Waals surface area contributed by atoms with Gasteiger partial charge in [0.15, 0.2) is 5.78 Å². The zero-order chi connectivity index (χ0) is 18.9. The van der Waals surface area contributed by atoms with E-state index in [9.17, 15) is 9.59 Å². The molecule has 138 valence electrons. The monoisotopic (exact) mass is 352 g/mol. The molecule has 2 rings (SSSR count). The highest BCUT2D eigenvalue weighted by Crippen LogP contribution is 2.09. The summed E-state index contributed by atoms with van der Waals surface area (Å²) in [5.41, 5.74) is 2.21. The van der Waals surface area contributed by atoms with Crippen LogP contribution in [0.1, 0.15) is 31.9 Å². The van der Waals surface area contributed by atoms with Gasteiger partial charge in [-0.15, -0.1) is 0 Å². The fourth-order valence-electron chi connectivity index (χ4n) is 2.81. The lowest BCUT2D eigenvalue weighted by Gasteiger charge is -2.27. The number of nitrogens with one attached hydrogen (secondary N) is 1. The molecule has 0 fully saturated rings. The number of Topliss-reactive ketones (excluding diaryl/α,β-unsaturated/α-hetero) is 1. The van der Waals surface area contributed by atoms with Gasteiger partial charge in [0, 0.05) is 12.6 Å². The molecule has 1 amide bonds. The summed E-state index contributed by atoms with van der Waals surface area (Å²) in [6.45, 7) is 6.64. The van der Waals surface area contributed by atoms with Crippen LogP contribution in [0.5, 0.6) is 0 Å². The molecule has 0 aliphatic rings. The Morgan fingerprint density at radius 3 is 1.96 bits per heavy atom. The Labute approximate surface area is 156 Å². The van der Waals surface area contributed by atoms with Crippen molar-refractivity contribution in [2.45, 2.75) is 45.8 Å². The molecule has 2 aromatic carbocycles. The zero-order valence-electron chi connectivity index (χ0n) is 15.8. The summed E-state index contributed by atoms with van der Waals surface area (Å²) < 4.78 is 0. The highest BCUT2D eigenvalue weighted by atomic mass is 16.2. The van der Waals surface area contributed by atoms with Crippen LogP contribution in [0.4, 0.5) is 0 Å². The SMILES string of the molecule is CC(=O)C(Cc1ccccc1)NC(=O)CN(Cc1ccccc1)C(C)C. The van der Waals surface area contributed by atoms with Crippen LogP contribution >= 0.6 is 0 Å².